The zero-order chi connectivity index (χ0) is 21.1. The van der Waals surface area contributed by atoms with Gasteiger partial charge < -0.3 is 14.8 Å². The van der Waals surface area contributed by atoms with Crippen LogP contribution in [-0.2, 0) is 10.3 Å². The van der Waals surface area contributed by atoms with Crippen molar-refractivity contribution in [1.29, 1.82) is 0 Å². The summed E-state index contributed by atoms with van der Waals surface area (Å²) in [6, 6.07) is 3.39. The van der Waals surface area contributed by atoms with Gasteiger partial charge >= 0.3 is 0 Å². The van der Waals surface area contributed by atoms with Gasteiger partial charge in [-0.05, 0) is 62.5 Å². The van der Waals surface area contributed by atoms with Gasteiger partial charge in [0.05, 0.1) is 35.9 Å². The van der Waals surface area contributed by atoms with Crippen molar-refractivity contribution in [2.24, 2.45) is 17.3 Å². The Labute approximate surface area is 180 Å². The number of anilines is 1. The third kappa shape index (κ3) is 2.95. The van der Waals surface area contributed by atoms with Crippen LogP contribution in [0.2, 0.25) is 5.02 Å². The molecule has 2 aromatic rings. The summed E-state index contributed by atoms with van der Waals surface area (Å²) in [6.45, 7) is 1.85. The Bertz CT molecular complexity index is 993. The van der Waals surface area contributed by atoms with Gasteiger partial charge in [0, 0.05) is 12.1 Å². The molecule has 0 saturated heterocycles. The van der Waals surface area contributed by atoms with Crippen LogP contribution < -0.4 is 14.8 Å². The molecule has 4 aliphatic carbocycles. The van der Waals surface area contributed by atoms with Gasteiger partial charge in [-0.25, -0.2) is 0 Å². The molecule has 160 valence electrons. The summed E-state index contributed by atoms with van der Waals surface area (Å²) in [5, 5.41) is 16.5. The van der Waals surface area contributed by atoms with E-state index in [9.17, 15) is 4.79 Å². The minimum Gasteiger partial charge on any atom is -0.495 e. The summed E-state index contributed by atoms with van der Waals surface area (Å²) in [5.41, 5.74) is -0.0863. The summed E-state index contributed by atoms with van der Waals surface area (Å²) in [5.74, 6) is 2.72. The van der Waals surface area contributed by atoms with Gasteiger partial charge in [0.1, 0.15) is 11.5 Å². The second-order valence-electron chi connectivity index (χ2n) is 9.23. The average molecular weight is 432 g/mol. The number of tetrazole rings is 1. The zero-order valence-corrected chi connectivity index (χ0v) is 18.2. The van der Waals surface area contributed by atoms with Crippen LogP contribution in [0.3, 0.4) is 0 Å². The van der Waals surface area contributed by atoms with Gasteiger partial charge in [0.15, 0.2) is 5.82 Å². The van der Waals surface area contributed by atoms with Crippen molar-refractivity contribution in [3.8, 4) is 11.5 Å². The molecule has 9 heteroatoms. The van der Waals surface area contributed by atoms with Gasteiger partial charge in [-0.3, -0.25) is 4.79 Å². The summed E-state index contributed by atoms with van der Waals surface area (Å²) in [6.07, 6.45) is 5.76. The fourth-order valence-electron chi connectivity index (χ4n) is 6.41. The van der Waals surface area contributed by atoms with Crippen molar-refractivity contribution >= 4 is 23.2 Å². The van der Waals surface area contributed by atoms with E-state index in [0.29, 0.717) is 39.9 Å². The molecule has 0 aliphatic heterocycles. The second kappa shape index (κ2) is 6.83. The van der Waals surface area contributed by atoms with Crippen LogP contribution in [0.5, 0.6) is 11.5 Å². The van der Waals surface area contributed by atoms with Gasteiger partial charge in [-0.1, -0.05) is 11.6 Å². The maximum absolute atomic E-state index is 13.7. The van der Waals surface area contributed by atoms with E-state index in [2.05, 4.69) is 20.7 Å². The first-order valence-electron chi connectivity index (χ1n) is 10.4. The Morgan fingerprint density at radius 1 is 1.17 bits per heavy atom. The number of benzene rings is 1. The number of carbonyl (C=O) groups excluding carboxylic acids is 1. The van der Waals surface area contributed by atoms with Crippen molar-refractivity contribution in [1.82, 2.24) is 20.2 Å². The molecule has 1 heterocycles. The molecule has 1 aromatic carbocycles. The van der Waals surface area contributed by atoms with Crippen LogP contribution in [0.25, 0.3) is 0 Å². The van der Waals surface area contributed by atoms with Crippen molar-refractivity contribution in [3.05, 3.63) is 23.0 Å². The van der Waals surface area contributed by atoms with E-state index in [0.717, 1.165) is 32.1 Å². The fourth-order valence-corrected chi connectivity index (χ4v) is 6.64. The lowest BCUT2D eigenvalue weighted by Gasteiger charge is -2.60. The third-order valence-electron chi connectivity index (χ3n) is 7.17. The van der Waals surface area contributed by atoms with E-state index >= 15 is 0 Å². The van der Waals surface area contributed by atoms with Gasteiger partial charge in [-0.15, -0.1) is 10.2 Å². The molecule has 30 heavy (non-hydrogen) atoms. The zero-order valence-electron chi connectivity index (χ0n) is 17.4. The van der Waals surface area contributed by atoms with Crippen LogP contribution in [0, 0.1) is 24.2 Å². The van der Waals surface area contributed by atoms with Gasteiger partial charge in [0.25, 0.3) is 0 Å². The molecule has 4 aliphatic rings. The number of hydrogen-bond acceptors (Lipinski definition) is 6. The molecule has 4 saturated carbocycles. The number of aromatic nitrogens is 4. The number of nitrogens with one attached hydrogen (secondary N) is 1. The van der Waals surface area contributed by atoms with Crippen LogP contribution in [0.4, 0.5) is 5.69 Å². The molecule has 1 N–H and O–H groups in total. The molecule has 0 spiro atoms. The predicted molar refractivity (Wildman–Crippen MR) is 111 cm³/mol. The van der Waals surface area contributed by atoms with E-state index < -0.39 is 5.41 Å². The molecule has 0 radical (unpaired) electrons. The van der Waals surface area contributed by atoms with Crippen LogP contribution >= 0.6 is 11.6 Å². The van der Waals surface area contributed by atoms with E-state index in [1.807, 2.05) is 6.92 Å². The number of ether oxygens (including phenoxy) is 2. The molecular formula is C21H26ClN5O3. The van der Waals surface area contributed by atoms with E-state index in [1.54, 1.807) is 31.1 Å². The normalized spacial score (nSPS) is 31.6. The lowest BCUT2D eigenvalue weighted by molar-refractivity contribution is -0.152. The Morgan fingerprint density at radius 3 is 2.47 bits per heavy atom. The highest BCUT2D eigenvalue weighted by Gasteiger charge is 2.62. The summed E-state index contributed by atoms with van der Waals surface area (Å²) in [4.78, 5) is 15.5. The minimum absolute atomic E-state index is 0.0282. The Kier molecular flexibility index (Phi) is 4.47. The average Bonchev–Trinajstić information content (AvgIpc) is 3.15. The largest absolute Gasteiger partial charge is 0.495 e. The van der Waals surface area contributed by atoms with Crippen molar-refractivity contribution < 1.29 is 14.3 Å². The monoisotopic (exact) mass is 431 g/mol. The second-order valence-corrected chi connectivity index (χ2v) is 9.64. The predicted octanol–water partition coefficient (Wildman–Crippen LogP) is 3.59. The Morgan fingerprint density at radius 2 is 1.87 bits per heavy atom. The molecule has 4 bridgehead atoms. The molecule has 6 rings (SSSR count). The van der Waals surface area contributed by atoms with Crippen LogP contribution in [0.1, 0.15) is 44.3 Å². The van der Waals surface area contributed by atoms with E-state index in [4.69, 9.17) is 21.1 Å². The number of aryl methyl sites for hydroxylation is 1. The minimum atomic E-state index is -0.441. The van der Waals surface area contributed by atoms with E-state index in [1.165, 1.54) is 6.42 Å². The first-order valence-corrected chi connectivity index (χ1v) is 10.7. The van der Waals surface area contributed by atoms with Gasteiger partial charge in [0.2, 0.25) is 5.91 Å². The third-order valence-corrected chi connectivity index (χ3v) is 7.47. The Hall–Kier alpha value is -2.35. The molecule has 4 fully saturated rings. The number of amides is 1. The van der Waals surface area contributed by atoms with Crippen molar-refractivity contribution in [2.75, 3.05) is 19.5 Å². The quantitative estimate of drug-likeness (QED) is 0.777. The van der Waals surface area contributed by atoms with Crippen molar-refractivity contribution in [3.63, 3.8) is 0 Å². The van der Waals surface area contributed by atoms with Gasteiger partial charge in [-0.2, -0.15) is 4.80 Å². The molecule has 1 amide bonds. The first kappa shape index (κ1) is 19.6. The standard InChI is InChI=1S/C21H26ClN5O3/c1-12-24-26-27(25-12)21-9-13-4-14(10-21)8-20(7-13,11-21)19(28)23-16-6-17(29-2)15(22)5-18(16)30-3/h5-6,13-14H,4,7-11H2,1-3H3,(H,23,28)/t13-,14+,20?,21?. The molecule has 8 nitrogen and oxygen atoms in total. The highest BCUT2D eigenvalue weighted by molar-refractivity contribution is 6.32. The highest BCUT2D eigenvalue weighted by Crippen LogP contribution is 2.64. The maximum Gasteiger partial charge on any atom is 0.230 e. The number of halogens is 1. The topological polar surface area (TPSA) is 91.2 Å². The lowest BCUT2D eigenvalue weighted by Crippen LogP contribution is -2.60. The van der Waals surface area contributed by atoms with Crippen LogP contribution in [-0.4, -0.2) is 40.3 Å². The Balaban J connectivity index is 1.48. The number of rotatable bonds is 5. The number of carbonyl (C=O) groups is 1. The summed E-state index contributed by atoms with van der Waals surface area (Å²) >= 11 is 6.22. The summed E-state index contributed by atoms with van der Waals surface area (Å²) in [7, 11) is 3.11. The first-order chi connectivity index (χ1) is 14.4. The number of hydrogen-bond donors (Lipinski definition) is 1. The SMILES string of the molecule is COc1cc(NC(=O)C23C[C@H]4C[C@@H](C2)CC(n2nnc(C)n2)(C4)C3)c(OC)cc1Cl. The van der Waals surface area contributed by atoms with E-state index in [-0.39, 0.29) is 11.4 Å². The number of nitrogens with zero attached hydrogens (tertiary/aromatic N) is 4. The van der Waals surface area contributed by atoms with Crippen LogP contribution in [0.15, 0.2) is 12.1 Å². The molecule has 4 atom stereocenters. The smallest absolute Gasteiger partial charge is 0.230 e. The fraction of sp³-hybridized carbons (Fsp3) is 0.619. The molecular weight excluding hydrogens is 406 g/mol. The number of methoxy groups -OCH3 is 2. The molecule has 1 aromatic heterocycles. The highest BCUT2D eigenvalue weighted by atomic mass is 35.5. The maximum atomic E-state index is 13.7. The summed E-state index contributed by atoms with van der Waals surface area (Å²) < 4.78 is 10.8. The van der Waals surface area contributed by atoms with Crippen molar-refractivity contribution in [2.45, 2.75) is 51.0 Å². The lowest BCUT2D eigenvalue weighted by atomic mass is 9.46. The molecule has 2 unspecified atom stereocenters.